The molecule has 0 fully saturated rings. The predicted octanol–water partition coefficient (Wildman–Crippen LogP) is 1.91. The van der Waals surface area contributed by atoms with E-state index in [2.05, 4.69) is 5.32 Å². The number of carbonyl (C=O) groups is 1. The van der Waals surface area contributed by atoms with Gasteiger partial charge in [-0.15, -0.1) is 11.8 Å². The molecule has 13 heavy (non-hydrogen) atoms. The molecular formula is C9H10FNOS. The van der Waals surface area contributed by atoms with Gasteiger partial charge in [0.2, 0.25) is 0 Å². The van der Waals surface area contributed by atoms with Gasteiger partial charge in [-0.3, -0.25) is 4.79 Å². The van der Waals surface area contributed by atoms with Gasteiger partial charge in [0, 0.05) is 11.9 Å². The highest BCUT2D eigenvalue weighted by molar-refractivity contribution is 7.98. The molecule has 0 spiro atoms. The second kappa shape index (κ2) is 4.28. The first-order valence-corrected chi connectivity index (χ1v) is 4.97. The lowest BCUT2D eigenvalue weighted by Crippen LogP contribution is -2.19. The summed E-state index contributed by atoms with van der Waals surface area (Å²) in [4.78, 5) is 11.6. The number of amides is 1. The molecule has 0 saturated heterocycles. The Hall–Kier alpha value is -1.03. The summed E-state index contributed by atoms with van der Waals surface area (Å²) in [7, 11) is 1.48. The van der Waals surface area contributed by atoms with Gasteiger partial charge in [-0.25, -0.2) is 4.39 Å². The van der Waals surface area contributed by atoms with Crippen LogP contribution in [0.15, 0.2) is 23.1 Å². The van der Waals surface area contributed by atoms with Crippen molar-refractivity contribution in [1.82, 2.24) is 5.32 Å². The molecule has 0 radical (unpaired) electrons. The van der Waals surface area contributed by atoms with Crippen molar-refractivity contribution < 1.29 is 9.18 Å². The molecule has 70 valence electrons. The van der Waals surface area contributed by atoms with E-state index in [-0.39, 0.29) is 5.56 Å². The predicted molar refractivity (Wildman–Crippen MR) is 51.6 cm³/mol. The molecule has 0 aromatic heterocycles. The first-order chi connectivity index (χ1) is 6.20. The smallest absolute Gasteiger partial charge is 0.254 e. The largest absolute Gasteiger partial charge is 0.355 e. The van der Waals surface area contributed by atoms with Gasteiger partial charge >= 0.3 is 0 Å². The molecule has 1 N–H and O–H groups in total. The average Bonchev–Trinajstić information content (AvgIpc) is 2.17. The van der Waals surface area contributed by atoms with Gasteiger partial charge in [-0.05, 0) is 18.4 Å². The van der Waals surface area contributed by atoms with Crippen molar-refractivity contribution in [2.24, 2.45) is 0 Å². The molecule has 0 aliphatic rings. The maximum Gasteiger partial charge on any atom is 0.254 e. The summed E-state index contributed by atoms with van der Waals surface area (Å²) in [5.74, 6) is -0.845. The zero-order valence-corrected chi connectivity index (χ0v) is 8.24. The molecule has 1 aromatic carbocycles. The molecule has 0 unspecified atom stereocenters. The molecule has 0 aliphatic heterocycles. The lowest BCUT2D eigenvalue weighted by molar-refractivity contribution is 0.0958. The van der Waals surface area contributed by atoms with Crippen LogP contribution in [-0.4, -0.2) is 19.2 Å². The highest BCUT2D eigenvalue weighted by Crippen LogP contribution is 2.21. The number of benzene rings is 1. The highest BCUT2D eigenvalue weighted by Gasteiger charge is 2.12. The van der Waals surface area contributed by atoms with Crippen LogP contribution >= 0.6 is 11.8 Å². The third-order valence-electron chi connectivity index (χ3n) is 1.65. The minimum Gasteiger partial charge on any atom is -0.355 e. The summed E-state index contributed by atoms with van der Waals surface area (Å²) in [5.41, 5.74) is 0.0920. The van der Waals surface area contributed by atoms with Gasteiger partial charge in [-0.1, -0.05) is 6.07 Å². The molecule has 0 saturated carbocycles. The fraction of sp³-hybridized carbons (Fsp3) is 0.222. The Morgan fingerprint density at radius 2 is 2.23 bits per heavy atom. The first-order valence-electron chi connectivity index (χ1n) is 3.75. The van der Waals surface area contributed by atoms with Gasteiger partial charge in [0.15, 0.2) is 0 Å². The standard InChI is InChI=1S/C9H10FNOS/c1-11-9(12)6-4-3-5-7(13-2)8(6)10/h3-5H,1-2H3,(H,11,12). The second-order valence-electron chi connectivity index (χ2n) is 2.40. The molecule has 4 heteroatoms. The topological polar surface area (TPSA) is 29.1 Å². The van der Waals surface area contributed by atoms with Crippen LogP contribution < -0.4 is 5.32 Å². The van der Waals surface area contributed by atoms with Crippen LogP contribution in [0.25, 0.3) is 0 Å². The zero-order valence-electron chi connectivity index (χ0n) is 7.43. The Labute approximate surface area is 80.5 Å². The number of hydrogen-bond donors (Lipinski definition) is 1. The van der Waals surface area contributed by atoms with Crippen LogP contribution in [0.5, 0.6) is 0 Å². The molecule has 1 amide bonds. The highest BCUT2D eigenvalue weighted by atomic mass is 32.2. The average molecular weight is 199 g/mol. The molecule has 2 nitrogen and oxygen atoms in total. The van der Waals surface area contributed by atoms with Gasteiger partial charge < -0.3 is 5.32 Å². The van der Waals surface area contributed by atoms with E-state index in [1.54, 1.807) is 18.4 Å². The SMILES string of the molecule is CNC(=O)c1cccc(SC)c1F. The van der Waals surface area contributed by atoms with Gasteiger partial charge in [0.05, 0.1) is 5.56 Å². The Bertz CT molecular complexity index is 327. The van der Waals surface area contributed by atoms with Crippen LogP contribution in [0.2, 0.25) is 0 Å². The number of rotatable bonds is 2. The number of halogens is 1. The summed E-state index contributed by atoms with van der Waals surface area (Å²) in [5, 5.41) is 2.39. The number of hydrogen-bond acceptors (Lipinski definition) is 2. The number of carbonyl (C=O) groups excluding carboxylic acids is 1. The maximum absolute atomic E-state index is 13.4. The van der Waals surface area contributed by atoms with Crippen LogP contribution in [0, 0.1) is 5.82 Å². The number of thioether (sulfide) groups is 1. The lowest BCUT2D eigenvalue weighted by atomic mass is 10.2. The number of nitrogens with one attached hydrogen (secondary N) is 1. The van der Waals surface area contributed by atoms with Crippen LogP contribution in [0.3, 0.4) is 0 Å². The van der Waals surface area contributed by atoms with E-state index < -0.39 is 11.7 Å². The van der Waals surface area contributed by atoms with Crippen molar-refractivity contribution in [2.45, 2.75) is 4.90 Å². The Balaban J connectivity index is 3.15. The fourth-order valence-electron chi connectivity index (χ4n) is 0.978. The van der Waals surface area contributed by atoms with E-state index in [1.807, 2.05) is 0 Å². The van der Waals surface area contributed by atoms with Gasteiger partial charge in [0.1, 0.15) is 5.82 Å². The fourth-order valence-corrected chi connectivity index (χ4v) is 1.48. The normalized spacial score (nSPS) is 9.77. The lowest BCUT2D eigenvalue weighted by Gasteiger charge is -2.04. The first kappa shape index (κ1) is 10.1. The molecule has 0 heterocycles. The third-order valence-corrected chi connectivity index (χ3v) is 2.41. The van der Waals surface area contributed by atoms with E-state index in [9.17, 15) is 9.18 Å². The molecule has 1 rings (SSSR count). The van der Waals surface area contributed by atoms with E-state index in [0.717, 1.165) is 0 Å². The maximum atomic E-state index is 13.4. The van der Waals surface area contributed by atoms with Crippen molar-refractivity contribution in [3.05, 3.63) is 29.6 Å². The zero-order chi connectivity index (χ0) is 9.84. The van der Waals surface area contributed by atoms with Crippen molar-refractivity contribution in [1.29, 1.82) is 0 Å². The summed E-state index contributed by atoms with van der Waals surface area (Å²) in [6.07, 6.45) is 1.77. The van der Waals surface area contributed by atoms with E-state index >= 15 is 0 Å². The van der Waals surface area contributed by atoms with E-state index in [0.29, 0.717) is 4.90 Å². The van der Waals surface area contributed by atoms with E-state index in [4.69, 9.17) is 0 Å². The van der Waals surface area contributed by atoms with Crippen LogP contribution in [0.1, 0.15) is 10.4 Å². The van der Waals surface area contributed by atoms with Gasteiger partial charge in [0.25, 0.3) is 5.91 Å². The molecule has 0 aliphatic carbocycles. The minimum absolute atomic E-state index is 0.0920. The van der Waals surface area contributed by atoms with Crippen molar-refractivity contribution in [3.8, 4) is 0 Å². The van der Waals surface area contributed by atoms with E-state index in [1.165, 1.54) is 24.9 Å². The molecule has 1 aromatic rings. The minimum atomic E-state index is -0.450. The monoisotopic (exact) mass is 199 g/mol. The van der Waals surface area contributed by atoms with Gasteiger partial charge in [-0.2, -0.15) is 0 Å². The summed E-state index contributed by atoms with van der Waals surface area (Å²) < 4.78 is 13.4. The Kier molecular flexibility index (Phi) is 3.31. The molecular weight excluding hydrogens is 189 g/mol. The summed E-state index contributed by atoms with van der Waals surface area (Å²) >= 11 is 1.28. The van der Waals surface area contributed by atoms with Crippen molar-refractivity contribution in [3.63, 3.8) is 0 Å². The molecule has 0 atom stereocenters. The molecule has 0 bridgehead atoms. The Morgan fingerprint density at radius 3 is 2.77 bits per heavy atom. The summed E-state index contributed by atoms with van der Waals surface area (Å²) in [6, 6.07) is 4.78. The summed E-state index contributed by atoms with van der Waals surface area (Å²) in [6.45, 7) is 0. The Morgan fingerprint density at radius 1 is 1.54 bits per heavy atom. The quantitative estimate of drug-likeness (QED) is 0.737. The van der Waals surface area contributed by atoms with Crippen LogP contribution in [0.4, 0.5) is 4.39 Å². The van der Waals surface area contributed by atoms with Crippen LogP contribution in [-0.2, 0) is 0 Å². The van der Waals surface area contributed by atoms with Crippen molar-refractivity contribution >= 4 is 17.7 Å². The third kappa shape index (κ3) is 2.01. The van der Waals surface area contributed by atoms with Crippen molar-refractivity contribution in [2.75, 3.05) is 13.3 Å². The second-order valence-corrected chi connectivity index (χ2v) is 3.25.